The van der Waals surface area contributed by atoms with Crippen LogP contribution in [0.5, 0.6) is 0 Å². The van der Waals surface area contributed by atoms with Crippen LogP contribution >= 0.6 is 0 Å². The number of ether oxygens (including phenoxy) is 2. The molecule has 0 aliphatic carbocycles. The van der Waals surface area contributed by atoms with Crippen LogP contribution in [0.1, 0.15) is 6.42 Å². The number of hydrogen-bond donors (Lipinski definition) is 1. The predicted octanol–water partition coefficient (Wildman–Crippen LogP) is -0.729. The first-order valence-electron chi connectivity index (χ1n) is 5.70. The molecule has 102 valence electrons. The molecule has 0 radical (unpaired) electrons. The minimum absolute atomic E-state index is 0.0987. The van der Waals surface area contributed by atoms with E-state index in [1.807, 2.05) is 19.0 Å². The lowest BCUT2D eigenvalue weighted by Gasteiger charge is -2.31. The van der Waals surface area contributed by atoms with Gasteiger partial charge in [0, 0.05) is 13.2 Å². The Morgan fingerprint density at radius 2 is 2.18 bits per heavy atom. The van der Waals surface area contributed by atoms with Crippen molar-refractivity contribution in [3.05, 3.63) is 0 Å². The van der Waals surface area contributed by atoms with E-state index < -0.39 is 10.0 Å². The second-order valence-corrected chi connectivity index (χ2v) is 6.35. The van der Waals surface area contributed by atoms with E-state index in [2.05, 4.69) is 4.72 Å². The molecule has 1 rings (SSSR count). The smallest absolute Gasteiger partial charge is 0.209 e. The first-order valence-corrected chi connectivity index (χ1v) is 7.59. The Morgan fingerprint density at radius 3 is 2.76 bits per heavy atom. The number of hydrogen-bond acceptors (Lipinski definition) is 5. The summed E-state index contributed by atoms with van der Waals surface area (Å²) in [4.78, 5) is 2.03. The maximum atomic E-state index is 11.2. The lowest BCUT2D eigenvalue weighted by atomic mass is 10.1. The van der Waals surface area contributed by atoms with Crippen molar-refractivity contribution in [1.82, 2.24) is 9.62 Å². The molecule has 1 saturated heterocycles. The van der Waals surface area contributed by atoms with Gasteiger partial charge in [-0.15, -0.1) is 0 Å². The molecule has 1 heterocycles. The van der Waals surface area contributed by atoms with E-state index in [0.29, 0.717) is 19.8 Å². The molecular formula is C10H22N2O4S. The topological polar surface area (TPSA) is 67.9 Å². The Bertz CT molecular complexity index is 318. The number of sulfonamides is 1. The van der Waals surface area contributed by atoms with Crippen molar-refractivity contribution in [3.63, 3.8) is 0 Å². The summed E-state index contributed by atoms with van der Waals surface area (Å²) in [5.74, 6) is 0. The highest BCUT2D eigenvalue weighted by Gasteiger charge is 2.28. The van der Waals surface area contributed by atoms with Crippen LogP contribution in [-0.4, -0.2) is 72.2 Å². The van der Waals surface area contributed by atoms with E-state index in [0.717, 1.165) is 19.2 Å². The molecule has 0 unspecified atom stereocenters. The molecule has 0 amide bonds. The highest BCUT2D eigenvalue weighted by Crippen LogP contribution is 2.12. The van der Waals surface area contributed by atoms with Crippen LogP contribution in [0.25, 0.3) is 0 Å². The van der Waals surface area contributed by atoms with Crippen LogP contribution in [0.3, 0.4) is 0 Å². The third-order valence-electron chi connectivity index (χ3n) is 2.53. The van der Waals surface area contributed by atoms with Crippen LogP contribution in [0.15, 0.2) is 0 Å². The molecule has 0 aromatic heterocycles. The zero-order chi connectivity index (χ0) is 12.9. The zero-order valence-electron chi connectivity index (χ0n) is 10.7. The molecule has 1 aliphatic heterocycles. The fourth-order valence-corrected chi connectivity index (χ4v) is 2.46. The van der Waals surface area contributed by atoms with Gasteiger partial charge in [0.15, 0.2) is 0 Å². The van der Waals surface area contributed by atoms with Gasteiger partial charge in [-0.3, -0.25) is 0 Å². The first kappa shape index (κ1) is 14.8. The lowest BCUT2D eigenvalue weighted by Crippen LogP contribution is -2.50. The number of nitrogens with one attached hydrogen (secondary N) is 1. The van der Waals surface area contributed by atoms with Crippen molar-refractivity contribution in [2.75, 3.05) is 46.7 Å². The summed E-state index contributed by atoms with van der Waals surface area (Å²) < 4.78 is 35.9. The van der Waals surface area contributed by atoms with Crippen LogP contribution in [0.2, 0.25) is 0 Å². The summed E-state index contributed by atoms with van der Waals surface area (Å²) in [6.07, 6.45) is 1.78. The molecule has 0 aromatic carbocycles. The van der Waals surface area contributed by atoms with Gasteiger partial charge in [-0.2, -0.15) is 0 Å². The van der Waals surface area contributed by atoms with Gasteiger partial charge in [0.05, 0.1) is 31.6 Å². The summed E-state index contributed by atoms with van der Waals surface area (Å²) in [5.41, 5.74) is 0. The van der Waals surface area contributed by atoms with Gasteiger partial charge in [0.1, 0.15) is 0 Å². The Balaban J connectivity index is 2.42. The van der Waals surface area contributed by atoms with Crippen molar-refractivity contribution < 1.29 is 17.9 Å². The van der Waals surface area contributed by atoms with Crippen molar-refractivity contribution in [1.29, 1.82) is 0 Å². The van der Waals surface area contributed by atoms with E-state index in [1.165, 1.54) is 0 Å². The van der Waals surface area contributed by atoms with Crippen LogP contribution in [0.4, 0.5) is 0 Å². The van der Waals surface area contributed by atoms with Gasteiger partial charge < -0.3 is 14.4 Å². The normalized spacial score (nSPS) is 26.4. The highest BCUT2D eigenvalue weighted by molar-refractivity contribution is 7.88. The molecule has 1 aliphatic rings. The van der Waals surface area contributed by atoms with E-state index in [4.69, 9.17) is 9.47 Å². The van der Waals surface area contributed by atoms with E-state index in [-0.39, 0.29) is 12.1 Å². The molecule has 1 N–H and O–H groups in total. The average Bonchev–Trinajstić information content (AvgIpc) is 2.17. The summed E-state index contributed by atoms with van der Waals surface area (Å²) in [6, 6.07) is -0.277. The SMILES string of the molecule is CN(C)CCO[C@@H]1CCOC[C@@H]1NS(C)(=O)=O. The molecule has 0 saturated carbocycles. The molecule has 2 atom stereocenters. The number of rotatable bonds is 6. The molecule has 0 aromatic rings. The predicted molar refractivity (Wildman–Crippen MR) is 65.5 cm³/mol. The van der Waals surface area contributed by atoms with Crippen molar-refractivity contribution in [2.24, 2.45) is 0 Å². The molecular weight excluding hydrogens is 244 g/mol. The van der Waals surface area contributed by atoms with Gasteiger partial charge in [-0.05, 0) is 20.5 Å². The quantitative estimate of drug-likeness (QED) is 0.686. The number of nitrogens with zero attached hydrogens (tertiary/aromatic N) is 1. The molecule has 1 fully saturated rings. The molecule has 17 heavy (non-hydrogen) atoms. The third kappa shape index (κ3) is 6.32. The van der Waals surface area contributed by atoms with Crippen LogP contribution < -0.4 is 4.72 Å². The van der Waals surface area contributed by atoms with Gasteiger partial charge in [0.25, 0.3) is 0 Å². The second kappa shape index (κ2) is 6.65. The van der Waals surface area contributed by atoms with Crippen LogP contribution in [-0.2, 0) is 19.5 Å². The summed E-state index contributed by atoms with van der Waals surface area (Å²) in [7, 11) is 0.725. The Hall–Kier alpha value is -0.210. The highest BCUT2D eigenvalue weighted by atomic mass is 32.2. The minimum Gasteiger partial charge on any atom is -0.380 e. The standard InChI is InChI=1S/C10H22N2O4S/c1-12(2)5-7-16-10-4-6-15-8-9(10)11-17(3,13)14/h9-11H,4-8H2,1-3H3/t9-,10+/m0/s1. The van der Waals surface area contributed by atoms with Crippen molar-refractivity contribution in [3.8, 4) is 0 Å². The van der Waals surface area contributed by atoms with Crippen LogP contribution in [0, 0.1) is 0 Å². The summed E-state index contributed by atoms with van der Waals surface area (Å²) in [6.45, 7) is 2.41. The fraction of sp³-hybridized carbons (Fsp3) is 1.00. The Kier molecular flexibility index (Phi) is 5.81. The number of likely N-dealkylation sites (N-methyl/N-ethyl adjacent to an activating group) is 1. The molecule has 0 spiro atoms. The van der Waals surface area contributed by atoms with Gasteiger partial charge >= 0.3 is 0 Å². The first-order chi connectivity index (χ1) is 7.88. The minimum atomic E-state index is -3.22. The van der Waals surface area contributed by atoms with Gasteiger partial charge in [0.2, 0.25) is 10.0 Å². The van der Waals surface area contributed by atoms with Crippen molar-refractivity contribution >= 4 is 10.0 Å². The maximum absolute atomic E-state index is 11.2. The molecule has 0 bridgehead atoms. The second-order valence-electron chi connectivity index (χ2n) is 4.57. The average molecular weight is 266 g/mol. The van der Waals surface area contributed by atoms with E-state index in [9.17, 15) is 8.42 Å². The van der Waals surface area contributed by atoms with E-state index >= 15 is 0 Å². The maximum Gasteiger partial charge on any atom is 0.209 e. The monoisotopic (exact) mass is 266 g/mol. The third-order valence-corrected chi connectivity index (χ3v) is 3.26. The Morgan fingerprint density at radius 1 is 1.47 bits per heavy atom. The fourth-order valence-electron chi connectivity index (χ4n) is 1.69. The van der Waals surface area contributed by atoms with Crippen molar-refractivity contribution in [2.45, 2.75) is 18.6 Å². The van der Waals surface area contributed by atoms with E-state index in [1.54, 1.807) is 0 Å². The van der Waals surface area contributed by atoms with Gasteiger partial charge in [-0.1, -0.05) is 0 Å². The zero-order valence-corrected chi connectivity index (χ0v) is 11.5. The summed E-state index contributed by atoms with van der Waals surface area (Å²) >= 11 is 0. The molecule has 6 nitrogen and oxygen atoms in total. The summed E-state index contributed by atoms with van der Waals surface area (Å²) in [5, 5.41) is 0. The largest absolute Gasteiger partial charge is 0.380 e. The Labute approximate surface area is 103 Å². The molecule has 7 heteroatoms. The lowest BCUT2D eigenvalue weighted by molar-refractivity contribution is -0.0527. The van der Waals surface area contributed by atoms with Gasteiger partial charge in [-0.25, -0.2) is 13.1 Å².